The van der Waals surface area contributed by atoms with Gasteiger partial charge in [0.25, 0.3) is 0 Å². The van der Waals surface area contributed by atoms with Crippen molar-refractivity contribution in [2.75, 3.05) is 13.2 Å². The summed E-state index contributed by atoms with van der Waals surface area (Å²) in [6.45, 7) is 2.96. The van der Waals surface area contributed by atoms with Crippen molar-refractivity contribution in [3.63, 3.8) is 0 Å². The molecule has 0 bridgehead atoms. The molecule has 0 aliphatic rings. The molecule has 2 N–H and O–H groups in total. The molecule has 0 unspecified atom stereocenters. The molecule has 0 radical (unpaired) electrons. The van der Waals surface area contributed by atoms with E-state index in [1.807, 2.05) is 31.2 Å². The summed E-state index contributed by atoms with van der Waals surface area (Å²) in [7, 11) is 0. The minimum Gasteiger partial charge on any atom is -0.476 e. The third-order valence-electron chi connectivity index (χ3n) is 3.05. The van der Waals surface area contributed by atoms with Crippen LogP contribution in [0.4, 0.5) is 0 Å². The second-order valence-corrected chi connectivity index (χ2v) is 4.95. The summed E-state index contributed by atoms with van der Waals surface area (Å²) < 4.78 is 6.65. The van der Waals surface area contributed by atoms with Crippen LogP contribution in [0.25, 0.3) is 5.69 Å². The minimum absolute atomic E-state index is 0.0169. The number of hydrogen-bond acceptors (Lipinski definition) is 4. The van der Waals surface area contributed by atoms with Crippen LogP contribution >= 0.6 is 0 Å². The number of rotatable bonds is 8. The van der Waals surface area contributed by atoms with Gasteiger partial charge in [-0.05, 0) is 30.2 Å². The van der Waals surface area contributed by atoms with Crippen molar-refractivity contribution in [2.24, 2.45) is 0 Å². The normalized spacial score (nSPS) is 10.5. The smallest absolute Gasteiger partial charge is 0.356 e. The van der Waals surface area contributed by atoms with Crippen LogP contribution in [0.2, 0.25) is 0 Å². The molecule has 7 heteroatoms. The number of aromatic carboxylic acids is 1. The molecule has 1 amide bonds. The highest BCUT2D eigenvalue weighted by atomic mass is 16.5. The largest absolute Gasteiger partial charge is 0.476 e. The van der Waals surface area contributed by atoms with Crippen LogP contribution in [0.15, 0.2) is 36.5 Å². The van der Waals surface area contributed by atoms with E-state index >= 15 is 0 Å². The number of carbonyl (C=O) groups excluding carboxylic acids is 1. The highest BCUT2D eigenvalue weighted by Crippen LogP contribution is 2.10. The molecule has 0 atom stereocenters. The van der Waals surface area contributed by atoms with Gasteiger partial charge in [-0.1, -0.05) is 19.1 Å². The number of hydrogen-bond donors (Lipinski definition) is 2. The zero-order valence-electron chi connectivity index (χ0n) is 12.9. The molecule has 0 fully saturated rings. The van der Waals surface area contributed by atoms with Crippen LogP contribution in [-0.2, 0) is 16.1 Å². The number of aromatic nitrogens is 2. The van der Waals surface area contributed by atoms with Gasteiger partial charge >= 0.3 is 5.97 Å². The summed E-state index contributed by atoms with van der Waals surface area (Å²) in [5.41, 5.74) is 1.60. The SMILES string of the molecule is CCCOCC(=O)NCc1cccc(-n2ccc(C(=O)O)n2)c1. The molecule has 7 nitrogen and oxygen atoms in total. The first-order valence-corrected chi connectivity index (χ1v) is 7.33. The number of amides is 1. The monoisotopic (exact) mass is 317 g/mol. The lowest BCUT2D eigenvalue weighted by atomic mass is 10.2. The van der Waals surface area contributed by atoms with Gasteiger partial charge in [0.15, 0.2) is 5.69 Å². The summed E-state index contributed by atoms with van der Waals surface area (Å²) >= 11 is 0. The van der Waals surface area contributed by atoms with E-state index in [9.17, 15) is 9.59 Å². The molecule has 0 aliphatic carbocycles. The zero-order chi connectivity index (χ0) is 16.7. The van der Waals surface area contributed by atoms with Crippen molar-refractivity contribution in [3.05, 3.63) is 47.8 Å². The third-order valence-corrected chi connectivity index (χ3v) is 3.05. The first kappa shape index (κ1) is 16.7. The van der Waals surface area contributed by atoms with Crippen LogP contribution in [0.5, 0.6) is 0 Å². The summed E-state index contributed by atoms with van der Waals surface area (Å²) in [6.07, 6.45) is 2.46. The summed E-state index contributed by atoms with van der Waals surface area (Å²) in [5, 5.41) is 15.6. The van der Waals surface area contributed by atoms with Crippen LogP contribution in [0.3, 0.4) is 0 Å². The quantitative estimate of drug-likeness (QED) is 0.722. The van der Waals surface area contributed by atoms with Crippen molar-refractivity contribution < 1.29 is 19.4 Å². The molecule has 0 saturated heterocycles. The molecule has 0 saturated carbocycles. The Kier molecular flexibility index (Phi) is 5.87. The molecule has 1 heterocycles. The predicted octanol–water partition coefficient (Wildman–Crippen LogP) is 1.61. The summed E-state index contributed by atoms with van der Waals surface area (Å²) in [4.78, 5) is 22.5. The average molecular weight is 317 g/mol. The number of nitrogens with one attached hydrogen (secondary N) is 1. The third kappa shape index (κ3) is 4.93. The van der Waals surface area contributed by atoms with Gasteiger partial charge in [0, 0.05) is 19.3 Å². The Hall–Kier alpha value is -2.67. The Morgan fingerprint density at radius 1 is 1.35 bits per heavy atom. The second kappa shape index (κ2) is 8.09. The van der Waals surface area contributed by atoms with E-state index in [2.05, 4.69) is 10.4 Å². The van der Waals surface area contributed by atoms with Crippen molar-refractivity contribution in [1.29, 1.82) is 0 Å². The fourth-order valence-corrected chi connectivity index (χ4v) is 1.95. The lowest BCUT2D eigenvalue weighted by Gasteiger charge is -2.08. The van der Waals surface area contributed by atoms with Gasteiger partial charge < -0.3 is 15.2 Å². The standard InChI is InChI=1S/C16H19N3O4/c1-2-8-23-11-15(20)17-10-12-4-3-5-13(9-12)19-7-6-14(18-19)16(21)22/h3-7,9H,2,8,10-11H2,1H3,(H,17,20)(H,21,22). The molecule has 2 rings (SSSR count). The Morgan fingerprint density at radius 3 is 2.87 bits per heavy atom. The zero-order valence-corrected chi connectivity index (χ0v) is 12.9. The van der Waals surface area contributed by atoms with E-state index in [4.69, 9.17) is 9.84 Å². The maximum absolute atomic E-state index is 11.6. The molecular weight excluding hydrogens is 298 g/mol. The maximum atomic E-state index is 11.6. The number of nitrogens with zero attached hydrogens (tertiary/aromatic N) is 2. The molecule has 0 spiro atoms. The van der Waals surface area contributed by atoms with Crippen molar-refractivity contribution in [2.45, 2.75) is 19.9 Å². The first-order chi connectivity index (χ1) is 11.1. The van der Waals surface area contributed by atoms with Crippen LogP contribution in [-0.4, -0.2) is 40.0 Å². The number of benzene rings is 1. The second-order valence-electron chi connectivity index (χ2n) is 4.95. The fraction of sp³-hybridized carbons (Fsp3) is 0.312. The molecule has 1 aromatic carbocycles. The highest BCUT2D eigenvalue weighted by Gasteiger charge is 2.08. The number of carbonyl (C=O) groups is 2. The van der Waals surface area contributed by atoms with Crippen molar-refractivity contribution in [3.8, 4) is 5.69 Å². The summed E-state index contributed by atoms with van der Waals surface area (Å²) in [5.74, 6) is -1.24. The van der Waals surface area contributed by atoms with Crippen molar-refractivity contribution >= 4 is 11.9 Å². The Bertz CT molecular complexity index is 681. The van der Waals surface area contributed by atoms with Crippen LogP contribution < -0.4 is 5.32 Å². The van der Waals surface area contributed by atoms with Gasteiger partial charge in [-0.25, -0.2) is 9.48 Å². The fourth-order valence-electron chi connectivity index (χ4n) is 1.95. The average Bonchev–Trinajstić information content (AvgIpc) is 3.04. The molecule has 23 heavy (non-hydrogen) atoms. The lowest BCUT2D eigenvalue weighted by Crippen LogP contribution is -2.27. The lowest BCUT2D eigenvalue weighted by molar-refractivity contribution is -0.125. The van der Waals surface area contributed by atoms with Crippen LogP contribution in [0, 0.1) is 0 Å². The Morgan fingerprint density at radius 2 is 2.17 bits per heavy atom. The predicted molar refractivity (Wildman–Crippen MR) is 83.5 cm³/mol. The number of ether oxygens (including phenoxy) is 1. The van der Waals surface area contributed by atoms with Gasteiger partial charge in [0.2, 0.25) is 5.91 Å². The van der Waals surface area contributed by atoms with E-state index in [1.54, 1.807) is 6.20 Å². The van der Waals surface area contributed by atoms with Gasteiger partial charge in [-0.15, -0.1) is 0 Å². The minimum atomic E-state index is -1.07. The number of carboxylic acid groups (broad SMARTS) is 1. The van der Waals surface area contributed by atoms with Crippen molar-refractivity contribution in [1.82, 2.24) is 15.1 Å². The van der Waals surface area contributed by atoms with Gasteiger partial charge in [0.05, 0.1) is 5.69 Å². The van der Waals surface area contributed by atoms with Gasteiger partial charge in [0.1, 0.15) is 6.61 Å². The summed E-state index contributed by atoms with van der Waals surface area (Å²) in [6, 6.07) is 8.78. The maximum Gasteiger partial charge on any atom is 0.356 e. The van der Waals surface area contributed by atoms with E-state index in [1.165, 1.54) is 10.7 Å². The Labute approximate surface area is 133 Å². The van der Waals surface area contributed by atoms with Gasteiger partial charge in [-0.3, -0.25) is 4.79 Å². The number of carboxylic acids is 1. The first-order valence-electron chi connectivity index (χ1n) is 7.33. The Balaban J connectivity index is 1.96. The highest BCUT2D eigenvalue weighted by molar-refractivity contribution is 5.85. The van der Waals surface area contributed by atoms with E-state index < -0.39 is 5.97 Å². The molecule has 2 aromatic rings. The topological polar surface area (TPSA) is 93.5 Å². The molecule has 122 valence electrons. The van der Waals surface area contributed by atoms with Crippen LogP contribution in [0.1, 0.15) is 29.4 Å². The van der Waals surface area contributed by atoms with E-state index in [0.29, 0.717) is 13.2 Å². The van der Waals surface area contributed by atoms with E-state index in [0.717, 1.165) is 17.7 Å². The van der Waals surface area contributed by atoms with E-state index in [-0.39, 0.29) is 18.2 Å². The molecule has 0 aliphatic heterocycles. The molecular formula is C16H19N3O4. The van der Waals surface area contributed by atoms with Gasteiger partial charge in [-0.2, -0.15) is 5.10 Å². The molecule has 1 aromatic heterocycles.